The van der Waals surface area contributed by atoms with Crippen LogP contribution in [0.1, 0.15) is 25.7 Å². The molecule has 1 saturated carbocycles. The van der Waals surface area contributed by atoms with E-state index in [2.05, 4.69) is 27.3 Å². The first-order chi connectivity index (χ1) is 8.19. The zero-order chi connectivity index (χ0) is 12.3. The third-order valence-electron chi connectivity index (χ3n) is 3.30. The van der Waals surface area contributed by atoms with Gasteiger partial charge in [-0.25, -0.2) is 0 Å². The van der Waals surface area contributed by atoms with Crippen LogP contribution in [0.4, 0.5) is 5.69 Å². The van der Waals surface area contributed by atoms with Gasteiger partial charge in [0.1, 0.15) is 0 Å². The smallest absolute Gasteiger partial charge is 0.0572 e. The topological polar surface area (TPSA) is 21.3 Å². The average Bonchev–Trinajstić information content (AvgIpc) is 2.35. The van der Waals surface area contributed by atoms with E-state index in [1.165, 1.54) is 0 Å². The lowest BCUT2D eigenvalue weighted by molar-refractivity contribution is 0.0682. The molecule has 17 heavy (non-hydrogen) atoms. The van der Waals surface area contributed by atoms with Crippen LogP contribution in [0.25, 0.3) is 0 Å². The Bertz CT molecular complexity index is 378. The molecule has 2 rings (SSSR count). The zero-order valence-electron chi connectivity index (χ0n) is 9.88. The molecule has 1 N–H and O–H groups in total. The van der Waals surface area contributed by atoms with Crippen LogP contribution < -0.4 is 5.32 Å². The molecule has 4 heteroatoms. The normalized spacial score (nSPS) is 24.6. The maximum Gasteiger partial charge on any atom is 0.0572 e. The molecule has 2 nitrogen and oxygen atoms in total. The molecule has 1 aliphatic rings. The Balaban J connectivity index is 1.91. The standard InChI is InChI=1S/C13H17BrClNO/c1-17-11-5-2-9(3-6-11)16-10-4-7-12(14)13(15)8-10/h4,7-9,11,16H,2-3,5-6H2,1H3. The first-order valence-corrected chi connectivity index (χ1v) is 7.10. The minimum Gasteiger partial charge on any atom is -0.382 e. The fourth-order valence-corrected chi connectivity index (χ4v) is 2.69. The molecule has 0 bridgehead atoms. The van der Waals surface area contributed by atoms with Gasteiger partial charge in [0.25, 0.3) is 0 Å². The molecule has 1 aliphatic carbocycles. The Morgan fingerprint density at radius 3 is 2.59 bits per heavy atom. The van der Waals surface area contributed by atoms with Gasteiger partial charge in [-0.3, -0.25) is 0 Å². The highest BCUT2D eigenvalue weighted by molar-refractivity contribution is 9.10. The summed E-state index contributed by atoms with van der Waals surface area (Å²) in [7, 11) is 1.80. The fourth-order valence-electron chi connectivity index (χ4n) is 2.26. The van der Waals surface area contributed by atoms with E-state index in [1.807, 2.05) is 12.1 Å². The number of hydrogen-bond donors (Lipinski definition) is 1. The number of halogens is 2. The minimum absolute atomic E-state index is 0.446. The number of methoxy groups -OCH3 is 1. The molecule has 0 spiro atoms. The minimum atomic E-state index is 0.446. The van der Waals surface area contributed by atoms with Gasteiger partial charge in [-0.2, -0.15) is 0 Å². The van der Waals surface area contributed by atoms with E-state index in [0.717, 1.165) is 40.9 Å². The lowest BCUT2D eigenvalue weighted by Gasteiger charge is -2.29. The number of benzene rings is 1. The number of hydrogen-bond acceptors (Lipinski definition) is 2. The second-order valence-electron chi connectivity index (χ2n) is 4.48. The lowest BCUT2D eigenvalue weighted by atomic mass is 9.93. The first kappa shape index (κ1) is 13.2. The van der Waals surface area contributed by atoms with Crippen LogP contribution in [0.15, 0.2) is 22.7 Å². The molecule has 1 aromatic carbocycles. The number of ether oxygens (including phenoxy) is 1. The van der Waals surface area contributed by atoms with Crippen molar-refractivity contribution in [1.82, 2.24) is 0 Å². The van der Waals surface area contributed by atoms with Gasteiger partial charge in [0.2, 0.25) is 0 Å². The van der Waals surface area contributed by atoms with E-state index in [-0.39, 0.29) is 0 Å². The monoisotopic (exact) mass is 317 g/mol. The van der Waals surface area contributed by atoms with Crippen LogP contribution in [-0.2, 0) is 4.74 Å². The van der Waals surface area contributed by atoms with Gasteiger partial charge >= 0.3 is 0 Å². The maximum atomic E-state index is 6.07. The molecule has 0 saturated heterocycles. The Morgan fingerprint density at radius 2 is 2.00 bits per heavy atom. The van der Waals surface area contributed by atoms with Gasteiger partial charge in [-0.1, -0.05) is 11.6 Å². The zero-order valence-corrected chi connectivity index (χ0v) is 12.2. The van der Waals surface area contributed by atoms with Gasteiger partial charge in [-0.05, 0) is 59.8 Å². The van der Waals surface area contributed by atoms with Crippen molar-refractivity contribution in [2.45, 2.75) is 37.8 Å². The lowest BCUT2D eigenvalue weighted by Crippen LogP contribution is -2.29. The van der Waals surface area contributed by atoms with Crippen LogP contribution in [0.3, 0.4) is 0 Å². The highest BCUT2D eigenvalue weighted by atomic mass is 79.9. The highest BCUT2D eigenvalue weighted by Crippen LogP contribution is 2.28. The molecule has 0 aromatic heterocycles. The Hall–Kier alpha value is -0.250. The van der Waals surface area contributed by atoms with Crippen molar-refractivity contribution in [1.29, 1.82) is 0 Å². The highest BCUT2D eigenvalue weighted by Gasteiger charge is 2.20. The molecule has 0 amide bonds. The van der Waals surface area contributed by atoms with E-state index in [0.29, 0.717) is 12.1 Å². The molecular formula is C13H17BrClNO. The van der Waals surface area contributed by atoms with Gasteiger partial charge in [0.15, 0.2) is 0 Å². The van der Waals surface area contributed by atoms with E-state index in [4.69, 9.17) is 16.3 Å². The van der Waals surface area contributed by atoms with Gasteiger partial charge < -0.3 is 10.1 Å². The van der Waals surface area contributed by atoms with Crippen molar-refractivity contribution >= 4 is 33.2 Å². The SMILES string of the molecule is COC1CCC(Nc2ccc(Br)c(Cl)c2)CC1. The van der Waals surface area contributed by atoms with Crippen molar-refractivity contribution in [3.8, 4) is 0 Å². The van der Waals surface area contributed by atoms with Crippen LogP contribution in [0, 0.1) is 0 Å². The van der Waals surface area contributed by atoms with Crippen LogP contribution >= 0.6 is 27.5 Å². The summed E-state index contributed by atoms with van der Waals surface area (Å²) in [6.07, 6.45) is 5.04. The molecule has 94 valence electrons. The second kappa shape index (κ2) is 6.07. The predicted molar refractivity (Wildman–Crippen MR) is 75.8 cm³/mol. The fraction of sp³-hybridized carbons (Fsp3) is 0.538. The van der Waals surface area contributed by atoms with Gasteiger partial charge in [0, 0.05) is 23.3 Å². The Kier molecular flexibility index (Phi) is 4.71. The summed E-state index contributed by atoms with van der Waals surface area (Å²) in [6, 6.07) is 6.54. The number of anilines is 1. The van der Waals surface area contributed by atoms with Crippen molar-refractivity contribution in [3.05, 3.63) is 27.7 Å². The van der Waals surface area contributed by atoms with Crippen LogP contribution in [0.2, 0.25) is 5.02 Å². The largest absolute Gasteiger partial charge is 0.382 e. The van der Waals surface area contributed by atoms with E-state index in [9.17, 15) is 0 Å². The summed E-state index contributed by atoms with van der Waals surface area (Å²) >= 11 is 9.47. The second-order valence-corrected chi connectivity index (χ2v) is 5.74. The molecule has 0 atom stereocenters. The first-order valence-electron chi connectivity index (χ1n) is 5.93. The number of rotatable bonds is 3. The average molecular weight is 319 g/mol. The quantitative estimate of drug-likeness (QED) is 0.887. The van der Waals surface area contributed by atoms with Crippen LogP contribution in [0.5, 0.6) is 0 Å². The van der Waals surface area contributed by atoms with E-state index >= 15 is 0 Å². The summed E-state index contributed by atoms with van der Waals surface area (Å²) in [4.78, 5) is 0. The van der Waals surface area contributed by atoms with Crippen molar-refractivity contribution in [3.63, 3.8) is 0 Å². The molecule has 0 unspecified atom stereocenters. The molecule has 1 aromatic rings. The Labute approximate surface area is 116 Å². The molecule has 1 fully saturated rings. The van der Waals surface area contributed by atoms with Crippen molar-refractivity contribution < 1.29 is 4.74 Å². The van der Waals surface area contributed by atoms with Crippen molar-refractivity contribution in [2.75, 3.05) is 12.4 Å². The summed E-state index contributed by atoms with van der Waals surface area (Å²) < 4.78 is 6.31. The summed E-state index contributed by atoms with van der Waals surface area (Å²) in [5.74, 6) is 0. The number of nitrogens with one attached hydrogen (secondary N) is 1. The summed E-state index contributed by atoms with van der Waals surface area (Å²) in [5, 5.41) is 4.28. The van der Waals surface area contributed by atoms with E-state index < -0.39 is 0 Å². The predicted octanol–water partition coefficient (Wildman–Crippen LogP) is 4.47. The molecule has 0 radical (unpaired) electrons. The van der Waals surface area contributed by atoms with Gasteiger partial charge in [0.05, 0.1) is 11.1 Å². The molecular weight excluding hydrogens is 302 g/mol. The summed E-state index contributed by atoms with van der Waals surface area (Å²) in [5.41, 5.74) is 1.10. The van der Waals surface area contributed by atoms with Crippen LogP contribution in [-0.4, -0.2) is 19.3 Å². The Morgan fingerprint density at radius 1 is 1.29 bits per heavy atom. The summed E-state index contributed by atoms with van der Waals surface area (Å²) in [6.45, 7) is 0. The van der Waals surface area contributed by atoms with E-state index in [1.54, 1.807) is 7.11 Å². The van der Waals surface area contributed by atoms with Crippen molar-refractivity contribution in [2.24, 2.45) is 0 Å². The van der Waals surface area contributed by atoms with Gasteiger partial charge in [-0.15, -0.1) is 0 Å². The maximum absolute atomic E-state index is 6.07. The molecule has 0 heterocycles. The third kappa shape index (κ3) is 3.60. The molecule has 0 aliphatic heterocycles. The third-order valence-corrected chi connectivity index (χ3v) is 4.53.